The Hall–Kier alpha value is -2.21. The Morgan fingerprint density at radius 2 is 2.04 bits per heavy atom. The summed E-state index contributed by atoms with van der Waals surface area (Å²) in [5, 5.41) is 3.44. The lowest BCUT2D eigenvalue weighted by Crippen LogP contribution is -2.26. The average Bonchev–Trinajstić information content (AvgIpc) is 2.78. The lowest BCUT2D eigenvalue weighted by molar-refractivity contribution is 0.272. The molecule has 3 rings (SSSR count). The van der Waals surface area contributed by atoms with Gasteiger partial charge in [-0.1, -0.05) is 6.07 Å². The van der Waals surface area contributed by atoms with Gasteiger partial charge in [0.05, 0.1) is 12.8 Å². The third kappa shape index (κ3) is 3.82. The molecule has 0 amide bonds. The highest BCUT2D eigenvalue weighted by atomic mass is 16.5. The van der Waals surface area contributed by atoms with E-state index < -0.39 is 0 Å². The first-order chi connectivity index (χ1) is 11.7. The molecule has 0 saturated carbocycles. The second kappa shape index (κ2) is 7.57. The Morgan fingerprint density at radius 3 is 2.83 bits per heavy atom. The number of aromatic nitrogens is 3. The van der Waals surface area contributed by atoms with E-state index in [0.717, 1.165) is 49.6 Å². The summed E-state index contributed by atoms with van der Waals surface area (Å²) in [4.78, 5) is 15.7. The molecule has 24 heavy (non-hydrogen) atoms. The van der Waals surface area contributed by atoms with E-state index in [1.165, 1.54) is 5.56 Å². The predicted molar refractivity (Wildman–Crippen MR) is 94.3 cm³/mol. The topological polar surface area (TPSA) is 63.2 Å². The molecule has 0 spiro atoms. The minimum absolute atomic E-state index is 0.364. The predicted octanol–water partition coefficient (Wildman–Crippen LogP) is 2.30. The van der Waals surface area contributed by atoms with Crippen molar-refractivity contribution in [3.05, 3.63) is 41.5 Å². The van der Waals surface area contributed by atoms with Crippen LogP contribution in [0.1, 0.15) is 30.7 Å². The van der Waals surface area contributed by atoms with Crippen molar-refractivity contribution < 1.29 is 4.74 Å². The fourth-order valence-corrected chi connectivity index (χ4v) is 3.10. The number of methoxy groups -OCH3 is 1. The molecule has 128 valence electrons. The SMILES string of the molecule is COc1ncccc1CN1CCc2ncnc(NC(C)C)c2CC1. The lowest BCUT2D eigenvalue weighted by atomic mass is 10.1. The fourth-order valence-electron chi connectivity index (χ4n) is 3.10. The van der Waals surface area contributed by atoms with Crippen LogP contribution in [-0.2, 0) is 19.4 Å². The normalized spacial score (nSPS) is 15.0. The molecule has 0 saturated heterocycles. The van der Waals surface area contributed by atoms with E-state index in [1.54, 1.807) is 19.6 Å². The van der Waals surface area contributed by atoms with Gasteiger partial charge in [-0.25, -0.2) is 15.0 Å². The number of fused-ring (bicyclic) bond motifs is 1. The van der Waals surface area contributed by atoms with Crippen LogP contribution in [0.15, 0.2) is 24.7 Å². The molecule has 0 bridgehead atoms. The molecule has 1 aliphatic heterocycles. The summed E-state index contributed by atoms with van der Waals surface area (Å²) in [6, 6.07) is 4.40. The summed E-state index contributed by atoms with van der Waals surface area (Å²) in [6.07, 6.45) is 5.32. The van der Waals surface area contributed by atoms with Crippen LogP contribution >= 0.6 is 0 Å². The van der Waals surface area contributed by atoms with Crippen molar-refractivity contribution in [1.82, 2.24) is 19.9 Å². The third-order valence-corrected chi connectivity index (χ3v) is 4.24. The molecule has 2 aromatic heterocycles. The lowest BCUT2D eigenvalue weighted by Gasteiger charge is -2.20. The van der Waals surface area contributed by atoms with Crippen LogP contribution in [0.4, 0.5) is 5.82 Å². The van der Waals surface area contributed by atoms with Gasteiger partial charge in [0.15, 0.2) is 0 Å². The molecule has 0 unspecified atom stereocenters. The van der Waals surface area contributed by atoms with Gasteiger partial charge in [-0.3, -0.25) is 4.90 Å². The zero-order valence-corrected chi connectivity index (χ0v) is 14.6. The van der Waals surface area contributed by atoms with Gasteiger partial charge in [0.2, 0.25) is 5.88 Å². The minimum Gasteiger partial charge on any atom is -0.481 e. The van der Waals surface area contributed by atoms with Crippen LogP contribution in [0.3, 0.4) is 0 Å². The molecule has 2 aromatic rings. The summed E-state index contributed by atoms with van der Waals surface area (Å²) in [5.41, 5.74) is 3.54. The number of nitrogens with zero attached hydrogens (tertiary/aromatic N) is 4. The van der Waals surface area contributed by atoms with E-state index in [1.807, 2.05) is 6.07 Å². The van der Waals surface area contributed by atoms with Crippen LogP contribution in [-0.4, -0.2) is 46.1 Å². The van der Waals surface area contributed by atoms with Crippen LogP contribution in [0, 0.1) is 0 Å². The van der Waals surface area contributed by atoms with Crippen LogP contribution in [0.2, 0.25) is 0 Å². The van der Waals surface area contributed by atoms with E-state index in [-0.39, 0.29) is 0 Å². The number of rotatable bonds is 5. The number of hydrogen-bond acceptors (Lipinski definition) is 6. The van der Waals surface area contributed by atoms with Crippen molar-refractivity contribution in [2.45, 2.75) is 39.3 Å². The Balaban J connectivity index is 1.74. The van der Waals surface area contributed by atoms with Gasteiger partial charge in [-0.2, -0.15) is 0 Å². The van der Waals surface area contributed by atoms with Crippen molar-refractivity contribution in [2.24, 2.45) is 0 Å². The van der Waals surface area contributed by atoms with E-state index in [9.17, 15) is 0 Å². The summed E-state index contributed by atoms with van der Waals surface area (Å²) in [7, 11) is 1.67. The molecular weight excluding hydrogens is 302 g/mol. The van der Waals surface area contributed by atoms with Gasteiger partial charge in [0.25, 0.3) is 0 Å². The zero-order chi connectivity index (χ0) is 16.9. The van der Waals surface area contributed by atoms with E-state index >= 15 is 0 Å². The molecular formula is C18H25N5O. The summed E-state index contributed by atoms with van der Waals surface area (Å²) >= 11 is 0. The molecule has 1 aliphatic rings. The van der Waals surface area contributed by atoms with Gasteiger partial charge in [-0.15, -0.1) is 0 Å². The van der Waals surface area contributed by atoms with Crippen molar-refractivity contribution in [1.29, 1.82) is 0 Å². The summed E-state index contributed by atoms with van der Waals surface area (Å²) < 4.78 is 5.37. The van der Waals surface area contributed by atoms with Gasteiger partial charge in [-0.05, 0) is 26.3 Å². The highest BCUT2D eigenvalue weighted by Crippen LogP contribution is 2.23. The first-order valence-electron chi connectivity index (χ1n) is 8.47. The van der Waals surface area contributed by atoms with Gasteiger partial charge < -0.3 is 10.1 Å². The first kappa shape index (κ1) is 16.6. The molecule has 0 aliphatic carbocycles. The molecule has 0 atom stereocenters. The Labute approximate surface area is 143 Å². The first-order valence-corrected chi connectivity index (χ1v) is 8.47. The van der Waals surface area contributed by atoms with Gasteiger partial charge in [0.1, 0.15) is 12.1 Å². The second-order valence-electron chi connectivity index (χ2n) is 6.39. The quantitative estimate of drug-likeness (QED) is 0.909. The number of anilines is 1. The monoisotopic (exact) mass is 327 g/mol. The molecule has 0 fully saturated rings. The van der Waals surface area contributed by atoms with Gasteiger partial charge >= 0.3 is 0 Å². The van der Waals surface area contributed by atoms with Crippen LogP contribution in [0.25, 0.3) is 0 Å². The molecule has 0 aromatic carbocycles. The maximum Gasteiger partial charge on any atom is 0.217 e. The third-order valence-electron chi connectivity index (χ3n) is 4.24. The summed E-state index contributed by atoms with van der Waals surface area (Å²) in [6.45, 7) is 7.05. The van der Waals surface area contributed by atoms with Crippen molar-refractivity contribution in [3.63, 3.8) is 0 Å². The highest BCUT2D eigenvalue weighted by molar-refractivity contribution is 5.47. The van der Waals surface area contributed by atoms with E-state index in [0.29, 0.717) is 11.9 Å². The van der Waals surface area contributed by atoms with Crippen molar-refractivity contribution in [2.75, 3.05) is 25.5 Å². The fraction of sp³-hybridized carbons (Fsp3) is 0.500. The Kier molecular flexibility index (Phi) is 5.25. The molecule has 6 nitrogen and oxygen atoms in total. The number of nitrogens with one attached hydrogen (secondary N) is 1. The molecule has 3 heterocycles. The number of pyridine rings is 1. The number of hydrogen-bond donors (Lipinski definition) is 1. The molecule has 0 radical (unpaired) electrons. The smallest absolute Gasteiger partial charge is 0.217 e. The Morgan fingerprint density at radius 1 is 1.21 bits per heavy atom. The summed E-state index contributed by atoms with van der Waals surface area (Å²) in [5.74, 6) is 1.69. The maximum absolute atomic E-state index is 5.37. The van der Waals surface area contributed by atoms with Gasteiger partial charge in [0, 0.05) is 49.4 Å². The Bertz CT molecular complexity index is 689. The molecule has 6 heteroatoms. The standard InChI is InChI=1S/C18H25N5O/c1-13(2)22-17-15-6-9-23(10-7-16(15)20-12-21-17)11-14-5-4-8-19-18(14)24-3/h4-5,8,12-13H,6-7,9-11H2,1-3H3,(H,20,21,22). The average molecular weight is 327 g/mol. The largest absolute Gasteiger partial charge is 0.481 e. The zero-order valence-electron chi connectivity index (χ0n) is 14.6. The van der Waals surface area contributed by atoms with Crippen molar-refractivity contribution in [3.8, 4) is 5.88 Å². The van der Waals surface area contributed by atoms with Crippen molar-refractivity contribution >= 4 is 5.82 Å². The van der Waals surface area contributed by atoms with E-state index in [2.05, 4.69) is 45.1 Å². The van der Waals surface area contributed by atoms with E-state index in [4.69, 9.17) is 4.74 Å². The van der Waals surface area contributed by atoms with Crippen LogP contribution < -0.4 is 10.1 Å². The number of ether oxygens (including phenoxy) is 1. The maximum atomic E-state index is 5.37. The highest BCUT2D eigenvalue weighted by Gasteiger charge is 2.20. The minimum atomic E-state index is 0.364. The molecule has 1 N–H and O–H groups in total. The second-order valence-corrected chi connectivity index (χ2v) is 6.39. The van der Waals surface area contributed by atoms with Crippen LogP contribution in [0.5, 0.6) is 5.88 Å².